The standard InChI is InChI=1S/C32H38FNO4/c1-3-37-30(35)9-4-6-21-10-14-27-24(16-21)18-29-31(20(2)38-32(29)36)28(27)15-13-26-12-11-23(19-34-26)22-7-5-8-25(33)17-22/h5,7-8,11-13,15,17,19-21,24,27-29,31H,3-4,6,9-10,14,16,18H2,1-2H3/b15-13+/t20-,21-,24+,27+,28-,29-,31-/m0/s1. The molecule has 5 nitrogen and oxygen atoms in total. The van der Waals surface area contributed by atoms with Crippen LogP contribution in [0.4, 0.5) is 4.39 Å². The van der Waals surface area contributed by atoms with Crippen LogP contribution in [-0.4, -0.2) is 29.6 Å². The van der Waals surface area contributed by atoms with Gasteiger partial charge in [0.05, 0.1) is 18.2 Å². The van der Waals surface area contributed by atoms with Crippen molar-refractivity contribution in [1.29, 1.82) is 0 Å². The lowest BCUT2D eigenvalue weighted by atomic mass is 9.56. The summed E-state index contributed by atoms with van der Waals surface area (Å²) in [5.74, 6) is 1.64. The third kappa shape index (κ3) is 5.84. The first-order chi connectivity index (χ1) is 18.4. The first-order valence-electron chi connectivity index (χ1n) is 14.2. The van der Waals surface area contributed by atoms with Crippen LogP contribution in [0, 0.1) is 41.3 Å². The Morgan fingerprint density at radius 1 is 1.18 bits per heavy atom. The third-order valence-corrected chi connectivity index (χ3v) is 8.99. The first-order valence-corrected chi connectivity index (χ1v) is 14.2. The van der Waals surface area contributed by atoms with E-state index >= 15 is 0 Å². The summed E-state index contributed by atoms with van der Waals surface area (Å²) in [7, 11) is 0. The van der Waals surface area contributed by atoms with E-state index in [1.807, 2.05) is 32.0 Å². The second-order valence-electron chi connectivity index (χ2n) is 11.3. The highest BCUT2D eigenvalue weighted by Crippen LogP contribution is 2.55. The van der Waals surface area contributed by atoms with Gasteiger partial charge in [0.15, 0.2) is 0 Å². The minimum absolute atomic E-state index is 0.0394. The molecule has 0 unspecified atom stereocenters. The van der Waals surface area contributed by atoms with Crippen LogP contribution in [0.1, 0.15) is 64.5 Å². The van der Waals surface area contributed by atoms with Gasteiger partial charge in [0.25, 0.3) is 0 Å². The number of esters is 2. The van der Waals surface area contributed by atoms with Crippen molar-refractivity contribution in [3.63, 3.8) is 0 Å². The Hall–Kier alpha value is -3.02. The number of ether oxygens (including phenoxy) is 2. The third-order valence-electron chi connectivity index (χ3n) is 8.99. The van der Waals surface area contributed by atoms with Crippen molar-refractivity contribution in [1.82, 2.24) is 4.98 Å². The summed E-state index contributed by atoms with van der Waals surface area (Å²) in [5.41, 5.74) is 2.54. The number of carbonyl (C=O) groups excluding carboxylic acids is 2. The smallest absolute Gasteiger partial charge is 0.309 e. The maximum absolute atomic E-state index is 13.6. The molecule has 1 saturated heterocycles. The molecule has 1 aromatic carbocycles. The van der Waals surface area contributed by atoms with E-state index in [1.54, 1.807) is 12.3 Å². The van der Waals surface area contributed by atoms with Gasteiger partial charge < -0.3 is 9.47 Å². The summed E-state index contributed by atoms with van der Waals surface area (Å²) in [6, 6.07) is 10.5. The largest absolute Gasteiger partial charge is 0.466 e. The summed E-state index contributed by atoms with van der Waals surface area (Å²) in [6.07, 6.45) is 12.8. The topological polar surface area (TPSA) is 65.5 Å². The fourth-order valence-electron chi connectivity index (χ4n) is 7.30. The van der Waals surface area contributed by atoms with E-state index in [2.05, 4.69) is 17.1 Å². The molecule has 6 heteroatoms. The molecule has 1 aliphatic heterocycles. The molecular formula is C32H38FNO4. The van der Waals surface area contributed by atoms with E-state index in [0.29, 0.717) is 30.8 Å². The number of rotatable bonds is 8. The Morgan fingerprint density at radius 2 is 2.05 bits per heavy atom. The van der Waals surface area contributed by atoms with Gasteiger partial charge in [-0.3, -0.25) is 14.6 Å². The Kier molecular flexibility index (Phi) is 8.25. The highest BCUT2D eigenvalue weighted by molar-refractivity contribution is 5.75. The second kappa shape index (κ2) is 11.8. The molecule has 2 saturated carbocycles. The van der Waals surface area contributed by atoms with Gasteiger partial charge in [-0.05, 0) is 99.5 Å². The van der Waals surface area contributed by atoms with E-state index in [9.17, 15) is 14.0 Å². The monoisotopic (exact) mass is 519 g/mol. The number of halogens is 1. The van der Waals surface area contributed by atoms with Crippen molar-refractivity contribution in [2.75, 3.05) is 6.61 Å². The lowest BCUT2D eigenvalue weighted by molar-refractivity contribution is -0.145. The molecule has 202 valence electrons. The predicted molar refractivity (Wildman–Crippen MR) is 144 cm³/mol. The van der Waals surface area contributed by atoms with Crippen LogP contribution < -0.4 is 0 Å². The number of cyclic esters (lactones) is 1. The number of fused-ring (bicyclic) bond motifs is 2. The lowest BCUT2D eigenvalue weighted by Crippen LogP contribution is -2.44. The van der Waals surface area contributed by atoms with E-state index in [4.69, 9.17) is 9.47 Å². The molecule has 1 aromatic heterocycles. The summed E-state index contributed by atoms with van der Waals surface area (Å²) in [5, 5.41) is 0. The van der Waals surface area contributed by atoms with Gasteiger partial charge in [-0.2, -0.15) is 0 Å². The number of hydrogen-bond donors (Lipinski definition) is 0. The molecule has 2 heterocycles. The maximum Gasteiger partial charge on any atom is 0.309 e. The number of carbonyl (C=O) groups is 2. The first kappa shape index (κ1) is 26.6. The molecule has 7 atom stereocenters. The highest BCUT2D eigenvalue weighted by Gasteiger charge is 2.54. The van der Waals surface area contributed by atoms with Crippen LogP contribution in [0.25, 0.3) is 17.2 Å². The molecule has 5 rings (SSSR count). The van der Waals surface area contributed by atoms with Crippen molar-refractivity contribution >= 4 is 18.0 Å². The van der Waals surface area contributed by atoms with E-state index in [-0.39, 0.29) is 41.6 Å². The number of nitrogens with zero attached hydrogens (tertiary/aromatic N) is 1. The highest BCUT2D eigenvalue weighted by atomic mass is 19.1. The minimum Gasteiger partial charge on any atom is -0.466 e. The Balaban J connectivity index is 1.28. The predicted octanol–water partition coefficient (Wildman–Crippen LogP) is 6.86. The average Bonchev–Trinajstić information content (AvgIpc) is 3.19. The van der Waals surface area contributed by atoms with Gasteiger partial charge in [0, 0.05) is 24.1 Å². The number of pyridine rings is 1. The summed E-state index contributed by atoms with van der Waals surface area (Å²) in [6.45, 7) is 4.31. The number of benzene rings is 1. The summed E-state index contributed by atoms with van der Waals surface area (Å²) in [4.78, 5) is 29.1. The van der Waals surface area contributed by atoms with Crippen LogP contribution in [0.2, 0.25) is 0 Å². The molecule has 38 heavy (non-hydrogen) atoms. The minimum atomic E-state index is -0.260. The van der Waals surface area contributed by atoms with Crippen LogP contribution in [0.15, 0.2) is 48.7 Å². The molecular weight excluding hydrogens is 481 g/mol. The number of allylic oxidation sites excluding steroid dienone is 1. The van der Waals surface area contributed by atoms with Crippen molar-refractivity contribution in [3.05, 3.63) is 60.2 Å². The zero-order valence-corrected chi connectivity index (χ0v) is 22.4. The molecule has 3 aliphatic rings. The second-order valence-corrected chi connectivity index (χ2v) is 11.3. The molecule has 3 fully saturated rings. The van der Waals surface area contributed by atoms with Gasteiger partial charge in [-0.1, -0.05) is 30.7 Å². The Labute approximate surface area is 224 Å². The van der Waals surface area contributed by atoms with Crippen molar-refractivity contribution in [3.8, 4) is 11.1 Å². The molecule has 2 aromatic rings. The van der Waals surface area contributed by atoms with Crippen LogP contribution in [0.3, 0.4) is 0 Å². The summed E-state index contributed by atoms with van der Waals surface area (Å²) >= 11 is 0. The maximum atomic E-state index is 13.6. The normalized spacial score (nSPS) is 30.5. The molecule has 2 aliphatic carbocycles. The van der Waals surface area contributed by atoms with Crippen molar-refractivity contribution in [2.24, 2.45) is 35.5 Å². The van der Waals surface area contributed by atoms with Crippen molar-refractivity contribution in [2.45, 2.75) is 64.9 Å². The number of hydrogen-bond acceptors (Lipinski definition) is 5. The van der Waals surface area contributed by atoms with Gasteiger partial charge in [0.1, 0.15) is 11.9 Å². The van der Waals surface area contributed by atoms with Crippen LogP contribution >= 0.6 is 0 Å². The van der Waals surface area contributed by atoms with Gasteiger partial charge in [0.2, 0.25) is 0 Å². The molecule has 0 radical (unpaired) electrons. The van der Waals surface area contributed by atoms with Crippen LogP contribution in [-0.2, 0) is 19.1 Å². The summed E-state index contributed by atoms with van der Waals surface area (Å²) < 4.78 is 24.4. The SMILES string of the molecule is CCOC(=O)CCC[C@H]1CC[C@@H]2[C@H](C1)C[C@@H]1C(=O)O[C@@H](C)[C@H]1[C@H]2/C=C/c1ccc(-c2cccc(F)c2)cn1. The van der Waals surface area contributed by atoms with Gasteiger partial charge >= 0.3 is 11.9 Å². The quantitative estimate of drug-likeness (QED) is 0.356. The van der Waals surface area contributed by atoms with E-state index in [1.165, 1.54) is 12.1 Å². The zero-order chi connectivity index (χ0) is 26.6. The fraction of sp³-hybridized carbons (Fsp3) is 0.531. The Bertz CT molecular complexity index is 1160. The average molecular weight is 520 g/mol. The van der Waals surface area contributed by atoms with E-state index in [0.717, 1.165) is 55.3 Å². The molecule has 0 amide bonds. The Morgan fingerprint density at radius 3 is 2.82 bits per heavy atom. The van der Waals surface area contributed by atoms with Gasteiger partial charge in [-0.25, -0.2) is 4.39 Å². The number of aromatic nitrogens is 1. The van der Waals surface area contributed by atoms with E-state index < -0.39 is 0 Å². The molecule has 0 spiro atoms. The van der Waals surface area contributed by atoms with Gasteiger partial charge in [-0.15, -0.1) is 0 Å². The fourth-order valence-corrected chi connectivity index (χ4v) is 7.30. The van der Waals surface area contributed by atoms with Crippen molar-refractivity contribution < 1.29 is 23.5 Å². The molecule has 0 N–H and O–H groups in total. The zero-order valence-electron chi connectivity index (χ0n) is 22.4. The molecule has 0 bridgehead atoms. The van der Waals surface area contributed by atoms with Crippen LogP contribution in [0.5, 0.6) is 0 Å². The lowest BCUT2D eigenvalue weighted by Gasteiger charge is -2.47.